The van der Waals surface area contributed by atoms with Crippen molar-refractivity contribution in [1.82, 2.24) is 19.8 Å². The Bertz CT molecular complexity index is 877. The zero-order chi connectivity index (χ0) is 19.2. The maximum atomic E-state index is 12.7. The van der Waals surface area contributed by atoms with E-state index in [1.54, 1.807) is 6.20 Å². The second-order valence-electron chi connectivity index (χ2n) is 6.61. The van der Waals surface area contributed by atoms with Crippen molar-refractivity contribution < 1.29 is 4.79 Å². The molecule has 3 rings (SSSR count). The first-order chi connectivity index (χ1) is 13.0. The van der Waals surface area contributed by atoms with Gasteiger partial charge in [-0.15, -0.1) is 0 Å². The Balaban J connectivity index is 1.71. The van der Waals surface area contributed by atoms with E-state index in [4.69, 9.17) is 11.6 Å². The number of hydrogen-bond acceptors (Lipinski definition) is 3. The lowest BCUT2D eigenvalue weighted by atomic mass is 10.1. The van der Waals surface area contributed by atoms with Gasteiger partial charge in [0.2, 0.25) is 5.91 Å². The summed E-state index contributed by atoms with van der Waals surface area (Å²) in [4.78, 5) is 19.1. The van der Waals surface area contributed by atoms with E-state index in [1.807, 2.05) is 72.2 Å². The van der Waals surface area contributed by atoms with Crippen LogP contribution in [0.2, 0.25) is 5.02 Å². The summed E-state index contributed by atoms with van der Waals surface area (Å²) in [7, 11) is 3.85. The number of rotatable bonds is 7. The summed E-state index contributed by atoms with van der Waals surface area (Å²) < 4.78 is 1.91. The lowest BCUT2D eigenvalue weighted by Crippen LogP contribution is -2.38. The van der Waals surface area contributed by atoms with Gasteiger partial charge in [-0.3, -0.25) is 9.69 Å². The summed E-state index contributed by atoms with van der Waals surface area (Å²) >= 11 is 6.01. The van der Waals surface area contributed by atoms with Crippen molar-refractivity contribution in [2.24, 2.45) is 7.05 Å². The molecule has 0 spiro atoms. The van der Waals surface area contributed by atoms with Crippen molar-refractivity contribution in [2.75, 3.05) is 13.6 Å². The summed E-state index contributed by atoms with van der Waals surface area (Å²) in [5.41, 5.74) is 2.11. The topological polar surface area (TPSA) is 50.2 Å². The van der Waals surface area contributed by atoms with Gasteiger partial charge in [0.1, 0.15) is 11.9 Å². The van der Waals surface area contributed by atoms with E-state index < -0.39 is 0 Å². The standard InChI is InChI=1S/C21H23ClN4O/c1-25(14-16-6-4-3-5-7-16)15-19(27)24-20(21-23-12-13-26(21)2)17-8-10-18(22)11-9-17/h3-13,20H,14-15H2,1-2H3,(H,24,27)/t20-/m1/s1. The molecule has 0 fully saturated rings. The van der Waals surface area contributed by atoms with Crippen molar-refractivity contribution in [3.8, 4) is 0 Å². The van der Waals surface area contributed by atoms with Crippen LogP contribution >= 0.6 is 11.6 Å². The molecule has 1 amide bonds. The van der Waals surface area contributed by atoms with Gasteiger partial charge in [-0.05, 0) is 30.3 Å². The van der Waals surface area contributed by atoms with Gasteiger partial charge < -0.3 is 9.88 Å². The number of likely N-dealkylation sites (N-methyl/N-ethyl adjacent to an activating group) is 1. The minimum Gasteiger partial charge on any atom is -0.341 e. The van der Waals surface area contributed by atoms with Crippen LogP contribution in [-0.4, -0.2) is 34.0 Å². The van der Waals surface area contributed by atoms with Crippen molar-refractivity contribution in [3.05, 3.63) is 89.0 Å². The molecule has 27 heavy (non-hydrogen) atoms. The third-order valence-electron chi connectivity index (χ3n) is 4.33. The highest BCUT2D eigenvalue weighted by Crippen LogP contribution is 2.22. The van der Waals surface area contributed by atoms with Crippen LogP contribution in [-0.2, 0) is 18.4 Å². The number of carbonyl (C=O) groups excluding carboxylic acids is 1. The molecule has 5 nitrogen and oxygen atoms in total. The first kappa shape index (κ1) is 19.1. The molecule has 0 saturated heterocycles. The Hall–Kier alpha value is -2.63. The molecule has 2 aromatic carbocycles. The zero-order valence-electron chi connectivity index (χ0n) is 15.5. The molecule has 0 unspecified atom stereocenters. The quantitative estimate of drug-likeness (QED) is 0.681. The van der Waals surface area contributed by atoms with E-state index in [-0.39, 0.29) is 11.9 Å². The maximum absolute atomic E-state index is 12.7. The molecular formula is C21H23ClN4O. The van der Waals surface area contributed by atoms with Crippen molar-refractivity contribution in [1.29, 1.82) is 0 Å². The fourth-order valence-electron chi connectivity index (χ4n) is 3.01. The highest BCUT2D eigenvalue weighted by molar-refractivity contribution is 6.30. The van der Waals surface area contributed by atoms with E-state index >= 15 is 0 Å². The minimum atomic E-state index is -0.333. The molecule has 0 aliphatic rings. The lowest BCUT2D eigenvalue weighted by Gasteiger charge is -2.22. The van der Waals surface area contributed by atoms with E-state index in [0.29, 0.717) is 18.1 Å². The van der Waals surface area contributed by atoms with Crippen molar-refractivity contribution in [3.63, 3.8) is 0 Å². The Morgan fingerprint density at radius 1 is 1.19 bits per heavy atom. The molecule has 1 N–H and O–H groups in total. The number of aryl methyl sites for hydroxylation is 1. The fraction of sp³-hybridized carbons (Fsp3) is 0.238. The van der Waals surface area contributed by atoms with Crippen LogP contribution in [0.4, 0.5) is 0 Å². The molecule has 1 aromatic heterocycles. The molecule has 0 radical (unpaired) electrons. The van der Waals surface area contributed by atoms with Gasteiger partial charge in [-0.2, -0.15) is 0 Å². The first-order valence-corrected chi connectivity index (χ1v) is 9.15. The van der Waals surface area contributed by atoms with Gasteiger partial charge >= 0.3 is 0 Å². The average Bonchev–Trinajstić information content (AvgIpc) is 3.07. The summed E-state index contributed by atoms with van der Waals surface area (Å²) in [6.07, 6.45) is 3.60. The summed E-state index contributed by atoms with van der Waals surface area (Å²) in [6.45, 7) is 1.01. The third-order valence-corrected chi connectivity index (χ3v) is 4.59. The Morgan fingerprint density at radius 3 is 2.52 bits per heavy atom. The highest BCUT2D eigenvalue weighted by Gasteiger charge is 2.21. The molecule has 0 bridgehead atoms. The number of aromatic nitrogens is 2. The second kappa shape index (κ2) is 8.84. The van der Waals surface area contributed by atoms with E-state index in [2.05, 4.69) is 22.4 Å². The Morgan fingerprint density at radius 2 is 1.89 bits per heavy atom. The third kappa shape index (κ3) is 5.18. The first-order valence-electron chi connectivity index (χ1n) is 8.77. The number of halogens is 1. The number of amides is 1. The van der Waals surface area contributed by atoms with E-state index in [0.717, 1.165) is 11.4 Å². The number of carbonyl (C=O) groups is 1. The smallest absolute Gasteiger partial charge is 0.235 e. The Labute approximate surface area is 164 Å². The molecule has 140 valence electrons. The van der Waals surface area contributed by atoms with Gasteiger partial charge in [0, 0.05) is 31.0 Å². The zero-order valence-corrected chi connectivity index (χ0v) is 16.2. The number of nitrogens with one attached hydrogen (secondary N) is 1. The molecular weight excluding hydrogens is 360 g/mol. The van der Waals surface area contributed by atoms with Crippen LogP contribution in [0, 0.1) is 0 Å². The maximum Gasteiger partial charge on any atom is 0.235 e. The van der Waals surface area contributed by atoms with Crippen LogP contribution < -0.4 is 5.32 Å². The molecule has 0 saturated carbocycles. The molecule has 0 aliphatic heterocycles. The van der Waals surface area contributed by atoms with Gasteiger partial charge in [0.15, 0.2) is 0 Å². The van der Waals surface area contributed by atoms with Crippen molar-refractivity contribution >= 4 is 17.5 Å². The van der Waals surface area contributed by atoms with Crippen LogP contribution in [0.3, 0.4) is 0 Å². The summed E-state index contributed by atoms with van der Waals surface area (Å²) in [5, 5.41) is 3.76. The molecule has 1 atom stereocenters. The predicted octanol–water partition coefficient (Wildman–Crippen LogP) is 3.41. The monoisotopic (exact) mass is 382 g/mol. The normalized spacial score (nSPS) is 12.1. The number of imidazole rings is 1. The molecule has 0 aliphatic carbocycles. The van der Waals surface area contributed by atoms with Crippen LogP contribution in [0.25, 0.3) is 0 Å². The summed E-state index contributed by atoms with van der Waals surface area (Å²) in [6, 6.07) is 17.2. The second-order valence-corrected chi connectivity index (χ2v) is 7.04. The largest absolute Gasteiger partial charge is 0.341 e. The predicted molar refractivity (Wildman–Crippen MR) is 107 cm³/mol. The SMILES string of the molecule is CN(CC(=O)N[C@H](c1ccc(Cl)cc1)c1nccn1C)Cc1ccccc1. The van der Waals surface area contributed by atoms with Crippen molar-refractivity contribution in [2.45, 2.75) is 12.6 Å². The van der Waals surface area contributed by atoms with Gasteiger partial charge in [-0.1, -0.05) is 54.1 Å². The molecule has 1 heterocycles. The lowest BCUT2D eigenvalue weighted by molar-refractivity contribution is -0.122. The fourth-order valence-corrected chi connectivity index (χ4v) is 3.14. The number of nitrogens with zero attached hydrogens (tertiary/aromatic N) is 3. The van der Waals surface area contributed by atoms with Gasteiger partial charge in [0.25, 0.3) is 0 Å². The molecule has 3 aromatic rings. The van der Waals surface area contributed by atoms with Gasteiger partial charge in [0.05, 0.1) is 6.54 Å². The van der Waals surface area contributed by atoms with E-state index in [1.165, 1.54) is 5.56 Å². The van der Waals surface area contributed by atoms with Crippen LogP contribution in [0.15, 0.2) is 67.0 Å². The highest BCUT2D eigenvalue weighted by atomic mass is 35.5. The van der Waals surface area contributed by atoms with Crippen LogP contribution in [0.1, 0.15) is 23.0 Å². The number of benzene rings is 2. The summed E-state index contributed by atoms with van der Waals surface area (Å²) in [5.74, 6) is 0.716. The average molecular weight is 383 g/mol. The Kier molecular flexibility index (Phi) is 6.27. The number of hydrogen-bond donors (Lipinski definition) is 1. The van der Waals surface area contributed by atoms with Gasteiger partial charge in [-0.25, -0.2) is 4.98 Å². The van der Waals surface area contributed by atoms with Crippen LogP contribution in [0.5, 0.6) is 0 Å². The minimum absolute atomic E-state index is 0.0589. The molecule has 6 heteroatoms. The van der Waals surface area contributed by atoms with E-state index in [9.17, 15) is 4.79 Å².